The topological polar surface area (TPSA) is 77.3 Å². The number of anilines is 1. The van der Waals surface area contributed by atoms with Crippen LogP contribution in [0.5, 0.6) is 0 Å². The number of benzene rings is 2. The molecule has 2 atom stereocenters. The largest absolute Gasteiger partial charge is 0.383 e. The lowest BCUT2D eigenvalue weighted by molar-refractivity contribution is -0.383. The van der Waals surface area contributed by atoms with Crippen LogP contribution in [-0.2, 0) is 4.74 Å². The normalized spacial score (nSPS) is 19.5. The van der Waals surface area contributed by atoms with E-state index in [0.29, 0.717) is 16.8 Å². The second-order valence-electron chi connectivity index (χ2n) is 6.42. The molecule has 2 aromatic carbocycles. The zero-order valence-corrected chi connectivity index (χ0v) is 14.2. The van der Waals surface area contributed by atoms with E-state index in [1.165, 1.54) is 11.6 Å². The first kappa shape index (κ1) is 16.5. The molecule has 26 heavy (non-hydrogen) atoms. The monoisotopic (exact) mass is 349 g/mol. The quantitative estimate of drug-likeness (QED) is 0.548. The van der Waals surface area contributed by atoms with E-state index in [1.54, 1.807) is 24.4 Å². The van der Waals surface area contributed by atoms with Crippen molar-refractivity contribution in [3.63, 3.8) is 0 Å². The molecule has 1 fully saturated rings. The van der Waals surface area contributed by atoms with E-state index in [0.717, 1.165) is 25.3 Å². The van der Waals surface area contributed by atoms with Crippen LogP contribution in [0, 0.1) is 16.0 Å². The van der Waals surface area contributed by atoms with Crippen molar-refractivity contribution < 1.29 is 9.66 Å². The number of hydrogen-bond acceptors (Lipinski definition) is 5. The van der Waals surface area contributed by atoms with Gasteiger partial charge in [-0.05, 0) is 30.2 Å². The van der Waals surface area contributed by atoms with Crippen molar-refractivity contribution >= 4 is 22.3 Å². The molecule has 1 saturated heterocycles. The second-order valence-corrected chi connectivity index (χ2v) is 6.42. The van der Waals surface area contributed by atoms with Crippen molar-refractivity contribution in [2.45, 2.75) is 12.5 Å². The molecule has 1 aliphatic heterocycles. The standard InChI is InChI=1S/C20H19N3O3/c24-23(25)18-9-8-17(19-16(18)7-4-11-21-19)22-13-15-10-12-26-20(15)14-5-2-1-3-6-14/h1-9,11,15,20,22H,10,12-13H2. The van der Waals surface area contributed by atoms with Crippen LogP contribution in [0.3, 0.4) is 0 Å². The summed E-state index contributed by atoms with van der Waals surface area (Å²) in [6, 6.07) is 16.9. The number of fused-ring (bicyclic) bond motifs is 1. The fraction of sp³-hybridized carbons (Fsp3) is 0.250. The molecule has 3 aromatic rings. The molecule has 2 heterocycles. The van der Waals surface area contributed by atoms with Crippen LogP contribution in [0.2, 0.25) is 0 Å². The maximum Gasteiger partial charge on any atom is 0.278 e. The van der Waals surface area contributed by atoms with E-state index in [-0.39, 0.29) is 16.7 Å². The summed E-state index contributed by atoms with van der Waals surface area (Å²) in [4.78, 5) is 15.2. The summed E-state index contributed by atoms with van der Waals surface area (Å²) in [5.74, 6) is 0.339. The number of hydrogen-bond donors (Lipinski definition) is 1. The average molecular weight is 349 g/mol. The summed E-state index contributed by atoms with van der Waals surface area (Å²) < 4.78 is 5.93. The Balaban J connectivity index is 1.57. The summed E-state index contributed by atoms with van der Waals surface area (Å²) in [7, 11) is 0. The van der Waals surface area contributed by atoms with Crippen LogP contribution in [0.15, 0.2) is 60.8 Å². The van der Waals surface area contributed by atoms with Gasteiger partial charge in [-0.2, -0.15) is 0 Å². The number of nitrogens with one attached hydrogen (secondary N) is 1. The molecule has 132 valence electrons. The van der Waals surface area contributed by atoms with Crippen molar-refractivity contribution in [1.82, 2.24) is 4.98 Å². The SMILES string of the molecule is O=[N+]([O-])c1ccc(NCC2CCOC2c2ccccc2)c2ncccc12. The summed E-state index contributed by atoms with van der Waals surface area (Å²) in [5.41, 5.74) is 2.69. The van der Waals surface area contributed by atoms with E-state index in [4.69, 9.17) is 4.74 Å². The summed E-state index contributed by atoms with van der Waals surface area (Å²) in [6.07, 6.45) is 2.70. The molecular formula is C20H19N3O3. The molecule has 0 radical (unpaired) electrons. The van der Waals surface area contributed by atoms with Gasteiger partial charge in [-0.15, -0.1) is 0 Å². The lowest BCUT2D eigenvalue weighted by atomic mass is 9.95. The highest BCUT2D eigenvalue weighted by Crippen LogP contribution is 2.35. The zero-order valence-electron chi connectivity index (χ0n) is 14.2. The minimum Gasteiger partial charge on any atom is -0.383 e. The third-order valence-corrected chi connectivity index (χ3v) is 4.84. The molecule has 2 unspecified atom stereocenters. The third-order valence-electron chi connectivity index (χ3n) is 4.84. The fourth-order valence-corrected chi connectivity index (χ4v) is 3.55. The first-order valence-corrected chi connectivity index (χ1v) is 8.66. The van der Waals surface area contributed by atoms with Crippen LogP contribution in [0.4, 0.5) is 11.4 Å². The molecule has 0 bridgehead atoms. The van der Waals surface area contributed by atoms with Gasteiger partial charge in [0.1, 0.15) is 5.52 Å². The Kier molecular flexibility index (Phi) is 4.50. The van der Waals surface area contributed by atoms with Gasteiger partial charge in [-0.25, -0.2) is 0 Å². The number of rotatable bonds is 5. The minimum atomic E-state index is -0.371. The first-order valence-electron chi connectivity index (χ1n) is 8.66. The van der Waals surface area contributed by atoms with Gasteiger partial charge in [0.2, 0.25) is 0 Å². The summed E-state index contributed by atoms with van der Waals surface area (Å²) in [5, 5.41) is 15.2. The molecule has 0 amide bonds. The van der Waals surface area contributed by atoms with Gasteiger partial charge in [0, 0.05) is 31.3 Å². The lowest BCUT2D eigenvalue weighted by Gasteiger charge is -2.20. The van der Waals surface area contributed by atoms with Gasteiger partial charge in [-0.3, -0.25) is 15.1 Å². The highest BCUT2D eigenvalue weighted by Gasteiger charge is 2.29. The van der Waals surface area contributed by atoms with E-state index in [2.05, 4.69) is 22.4 Å². The molecule has 0 spiro atoms. The zero-order chi connectivity index (χ0) is 17.9. The number of ether oxygens (including phenoxy) is 1. The van der Waals surface area contributed by atoms with Crippen LogP contribution in [-0.4, -0.2) is 23.1 Å². The van der Waals surface area contributed by atoms with Gasteiger partial charge in [0.05, 0.1) is 22.1 Å². The molecule has 4 rings (SSSR count). The smallest absolute Gasteiger partial charge is 0.278 e. The predicted molar refractivity (Wildman–Crippen MR) is 100 cm³/mol. The molecule has 1 aromatic heterocycles. The molecule has 6 nitrogen and oxygen atoms in total. The van der Waals surface area contributed by atoms with Gasteiger partial charge in [-0.1, -0.05) is 30.3 Å². The highest BCUT2D eigenvalue weighted by atomic mass is 16.6. The average Bonchev–Trinajstić information content (AvgIpc) is 3.15. The Hall–Kier alpha value is -2.99. The number of nitrogens with zero attached hydrogens (tertiary/aromatic N) is 2. The molecule has 6 heteroatoms. The Morgan fingerprint density at radius 2 is 2.00 bits per heavy atom. The number of nitro groups is 1. The number of nitro benzene ring substituents is 1. The Labute approximate surface area is 151 Å². The Morgan fingerprint density at radius 1 is 1.15 bits per heavy atom. The van der Waals surface area contributed by atoms with Crippen LogP contribution in [0.1, 0.15) is 18.1 Å². The highest BCUT2D eigenvalue weighted by molar-refractivity contribution is 5.96. The predicted octanol–water partition coefficient (Wildman–Crippen LogP) is 4.33. The van der Waals surface area contributed by atoms with Gasteiger partial charge in [0.25, 0.3) is 5.69 Å². The maximum absolute atomic E-state index is 11.2. The van der Waals surface area contributed by atoms with Crippen LogP contribution < -0.4 is 5.32 Å². The summed E-state index contributed by atoms with van der Waals surface area (Å²) in [6.45, 7) is 1.47. The molecular weight excluding hydrogens is 330 g/mol. The summed E-state index contributed by atoms with van der Waals surface area (Å²) >= 11 is 0. The van der Waals surface area contributed by atoms with Crippen LogP contribution >= 0.6 is 0 Å². The fourth-order valence-electron chi connectivity index (χ4n) is 3.55. The minimum absolute atomic E-state index is 0.0703. The van der Waals surface area contributed by atoms with Crippen molar-refractivity contribution in [3.05, 3.63) is 76.5 Å². The number of pyridine rings is 1. The first-order chi connectivity index (χ1) is 12.7. The third kappa shape index (κ3) is 3.11. The Morgan fingerprint density at radius 3 is 2.81 bits per heavy atom. The van der Waals surface area contributed by atoms with E-state index < -0.39 is 0 Å². The molecule has 1 N–H and O–H groups in total. The molecule has 0 aliphatic carbocycles. The van der Waals surface area contributed by atoms with Crippen molar-refractivity contribution in [3.8, 4) is 0 Å². The van der Waals surface area contributed by atoms with Crippen molar-refractivity contribution in [1.29, 1.82) is 0 Å². The second kappa shape index (κ2) is 7.09. The molecule has 1 aliphatic rings. The van der Waals surface area contributed by atoms with Crippen molar-refractivity contribution in [2.75, 3.05) is 18.5 Å². The van der Waals surface area contributed by atoms with Gasteiger partial charge < -0.3 is 10.1 Å². The van der Waals surface area contributed by atoms with Gasteiger partial charge in [0.15, 0.2) is 0 Å². The number of aromatic nitrogens is 1. The Bertz CT molecular complexity index is 930. The van der Waals surface area contributed by atoms with Crippen molar-refractivity contribution in [2.24, 2.45) is 5.92 Å². The number of non-ortho nitro benzene ring substituents is 1. The van der Waals surface area contributed by atoms with E-state index >= 15 is 0 Å². The van der Waals surface area contributed by atoms with Gasteiger partial charge >= 0.3 is 0 Å². The van der Waals surface area contributed by atoms with E-state index in [9.17, 15) is 10.1 Å². The molecule has 0 saturated carbocycles. The van der Waals surface area contributed by atoms with Crippen LogP contribution in [0.25, 0.3) is 10.9 Å². The maximum atomic E-state index is 11.2. The lowest BCUT2D eigenvalue weighted by Crippen LogP contribution is -2.18. The van der Waals surface area contributed by atoms with E-state index in [1.807, 2.05) is 18.2 Å².